The molecule has 0 N–H and O–H groups in total. The number of carbonyl (C=O) groups is 1. The molecule has 0 saturated carbocycles. The molecule has 2 nitrogen and oxygen atoms in total. The van der Waals surface area contributed by atoms with Crippen molar-refractivity contribution in [1.29, 1.82) is 5.26 Å². The summed E-state index contributed by atoms with van der Waals surface area (Å²) in [5.74, 6) is -0.275. The van der Waals surface area contributed by atoms with E-state index in [1.165, 1.54) is 11.8 Å². The van der Waals surface area contributed by atoms with Crippen molar-refractivity contribution in [3.05, 3.63) is 33.4 Å². The number of hydrogen-bond donors (Lipinski definition) is 0. The Balaban J connectivity index is 3.01. The highest BCUT2D eigenvalue weighted by Gasteiger charge is 2.18. The smallest absolute Gasteiger partial charge is 0.159 e. The minimum Gasteiger partial charge on any atom is -0.295 e. The van der Waals surface area contributed by atoms with Gasteiger partial charge in [0.15, 0.2) is 5.78 Å². The highest BCUT2D eigenvalue weighted by Crippen LogP contribution is 2.32. The van der Waals surface area contributed by atoms with E-state index in [0.717, 1.165) is 10.5 Å². The lowest BCUT2D eigenvalue weighted by Gasteiger charge is -2.10. The molecule has 1 unspecified atom stereocenters. The van der Waals surface area contributed by atoms with Gasteiger partial charge in [-0.3, -0.25) is 4.79 Å². The first-order valence-corrected chi connectivity index (χ1v) is 7.48. The topological polar surface area (TPSA) is 40.9 Å². The second kappa shape index (κ2) is 6.63. The highest BCUT2D eigenvalue weighted by molar-refractivity contribution is 8.02. The lowest BCUT2D eigenvalue weighted by molar-refractivity contribution is -0.117. The van der Waals surface area contributed by atoms with Crippen LogP contribution in [-0.2, 0) is 4.79 Å². The van der Waals surface area contributed by atoms with Gasteiger partial charge in [-0.15, -0.1) is 11.8 Å². The SMILES string of the molecule is CS/C(=C/C(=O)C(C)C)C(C#N)c1ccsc1. The minimum absolute atomic E-state index is 0.0287. The monoisotopic (exact) mass is 265 g/mol. The lowest BCUT2D eigenvalue weighted by Crippen LogP contribution is -2.06. The zero-order valence-corrected chi connectivity index (χ0v) is 11.8. The molecular weight excluding hydrogens is 250 g/mol. The Morgan fingerprint density at radius 3 is 2.71 bits per heavy atom. The van der Waals surface area contributed by atoms with Crippen LogP contribution in [0, 0.1) is 17.2 Å². The normalized spacial score (nSPS) is 13.5. The summed E-state index contributed by atoms with van der Waals surface area (Å²) >= 11 is 3.03. The van der Waals surface area contributed by atoms with Crippen molar-refractivity contribution in [2.24, 2.45) is 5.92 Å². The summed E-state index contributed by atoms with van der Waals surface area (Å²) < 4.78 is 0. The van der Waals surface area contributed by atoms with Crippen LogP contribution in [0.15, 0.2) is 27.8 Å². The van der Waals surface area contributed by atoms with Crippen LogP contribution in [0.3, 0.4) is 0 Å². The molecule has 0 bridgehead atoms. The standard InChI is InChI=1S/C13H15NOS2/c1-9(2)12(15)6-13(16-3)11(7-14)10-4-5-17-8-10/h4-6,8-9,11H,1-3H3/b13-6+. The number of nitriles is 1. The number of carbonyl (C=O) groups excluding carboxylic acids is 1. The third kappa shape index (κ3) is 3.72. The molecule has 0 aliphatic heterocycles. The van der Waals surface area contributed by atoms with E-state index >= 15 is 0 Å². The summed E-state index contributed by atoms with van der Waals surface area (Å²) in [5, 5.41) is 13.1. The van der Waals surface area contributed by atoms with Gasteiger partial charge in [-0.1, -0.05) is 13.8 Å². The van der Waals surface area contributed by atoms with Gasteiger partial charge in [0.25, 0.3) is 0 Å². The third-order valence-corrected chi connectivity index (χ3v) is 3.91. The molecule has 1 atom stereocenters. The molecule has 0 aliphatic carbocycles. The van der Waals surface area contributed by atoms with Crippen molar-refractivity contribution in [3.8, 4) is 6.07 Å². The van der Waals surface area contributed by atoms with Gasteiger partial charge in [-0.25, -0.2) is 0 Å². The van der Waals surface area contributed by atoms with Crippen LogP contribution in [0.2, 0.25) is 0 Å². The average Bonchev–Trinajstić information content (AvgIpc) is 2.81. The molecule has 17 heavy (non-hydrogen) atoms. The first kappa shape index (κ1) is 14.0. The molecule has 0 aliphatic rings. The molecule has 1 rings (SSSR count). The van der Waals surface area contributed by atoms with E-state index < -0.39 is 0 Å². The first-order valence-electron chi connectivity index (χ1n) is 5.31. The van der Waals surface area contributed by atoms with E-state index in [1.807, 2.05) is 36.9 Å². The van der Waals surface area contributed by atoms with Crippen LogP contribution in [0.4, 0.5) is 0 Å². The Kier molecular flexibility index (Phi) is 5.46. The molecule has 90 valence electrons. The third-order valence-electron chi connectivity index (χ3n) is 2.38. The number of nitrogens with zero attached hydrogens (tertiary/aromatic N) is 1. The van der Waals surface area contributed by atoms with Crippen LogP contribution < -0.4 is 0 Å². The molecule has 0 aromatic carbocycles. The zero-order chi connectivity index (χ0) is 12.8. The highest BCUT2D eigenvalue weighted by atomic mass is 32.2. The molecule has 0 amide bonds. The number of thiophene rings is 1. The van der Waals surface area contributed by atoms with Crippen molar-refractivity contribution in [2.45, 2.75) is 19.8 Å². The van der Waals surface area contributed by atoms with E-state index in [0.29, 0.717) is 0 Å². The Morgan fingerprint density at radius 2 is 2.29 bits per heavy atom. The zero-order valence-electron chi connectivity index (χ0n) is 10.1. The summed E-state index contributed by atoms with van der Waals surface area (Å²) in [6, 6.07) is 4.20. The number of thioether (sulfide) groups is 1. The van der Waals surface area contributed by atoms with E-state index in [1.54, 1.807) is 17.4 Å². The van der Waals surface area contributed by atoms with E-state index in [2.05, 4.69) is 6.07 Å². The fraction of sp³-hybridized carbons (Fsp3) is 0.385. The van der Waals surface area contributed by atoms with Gasteiger partial charge in [0.2, 0.25) is 0 Å². The Morgan fingerprint density at radius 1 is 1.59 bits per heavy atom. The fourth-order valence-corrected chi connectivity index (χ4v) is 2.65. The number of hydrogen-bond acceptors (Lipinski definition) is 4. The van der Waals surface area contributed by atoms with Crippen LogP contribution in [0.1, 0.15) is 25.3 Å². The van der Waals surface area contributed by atoms with Crippen molar-refractivity contribution < 1.29 is 4.79 Å². The van der Waals surface area contributed by atoms with Gasteiger partial charge < -0.3 is 0 Å². The summed E-state index contributed by atoms with van der Waals surface area (Å²) in [6.07, 6.45) is 3.51. The second-order valence-electron chi connectivity index (χ2n) is 3.93. The average molecular weight is 265 g/mol. The van der Waals surface area contributed by atoms with Crippen molar-refractivity contribution in [1.82, 2.24) is 0 Å². The van der Waals surface area contributed by atoms with Gasteiger partial charge >= 0.3 is 0 Å². The molecule has 0 saturated heterocycles. The lowest BCUT2D eigenvalue weighted by atomic mass is 10.0. The fourth-order valence-electron chi connectivity index (χ4n) is 1.31. The van der Waals surface area contributed by atoms with Gasteiger partial charge in [0.05, 0.1) is 6.07 Å². The molecule has 1 aromatic heterocycles. The number of rotatable bonds is 5. The van der Waals surface area contributed by atoms with Crippen molar-refractivity contribution in [3.63, 3.8) is 0 Å². The minimum atomic E-state index is -0.320. The number of ketones is 1. The molecule has 0 fully saturated rings. The van der Waals surface area contributed by atoms with Crippen LogP contribution >= 0.6 is 23.1 Å². The van der Waals surface area contributed by atoms with E-state index in [9.17, 15) is 10.1 Å². The summed E-state index contributed by atoms with van der Waals surface area (Å²) in [4.78, 5) is 12.5. The Bertz CT molecular complexity index is 440. The number of allylic oxidation sites excluding steroid dienone is 2. The maximum absolute atomic E-state index is 11.7. The Hall–Kier alpha value is -1.05. The molecule has 0 radical (unpaired) electrons. The summed E-state index contributed by atoms with van der Waals surface area (Å²) in [6.45, 7) is 3.73. The maximum Gasteiger partial charge on any atom is 0.159 e. The predicted molar refractivity (Wildman–Crippen MR) is 74.1 cm³/mol. The first-order chi connectivity index (χ1) is 8.10. The van der Waals surface area contributed by atoms with E-state index in [-0.39, 0.29) is 17.6 Å². The van der Waals surface area contributed by atoms with E-state index in [4.69, 9.17) is 0 Å². The van der Waals surface area contributed by atoms with Crippen LogP contribution in [0.25, 0.3) is 0 Å². The van der Waals surface area contributed by atoms with Crippen LogP contribution in [-0.4, -0.2) is 12.0 Å². The maximum atomic E-state index is 11.7. The molecule has 4 heteroatoms. The summed E-state index contributed by atoms with van der Waals surface area (Å²) in [7, 11) is 0. The summed E-state index contributed by atoms with van der Waals surface area (Å²) in [5.41, 5.74) is 0.967. The van der Waals surface area contributed by atoms with Gasteiger partial charge in [-0.2, -0.15) is 16.6 Å². The quantitative estimate of drug-likeness (QED) is 0.760. The largest absolute Gasteiger partial charge is 0.295 e. The van der Waals surface area contributed by atoms with Gasteiger partial charge in [0.1, 0.15) is 5.92 Å². The van der Waals surface area contributed by atoms with Crippen molar-refractivity contribution >= 4 is 28.9 Å². The Labute approximate surface area is 110 Å². The van der Waals surface area contributed by atoms with Gasteiger partial charge in [0, 0.05) is 10.8 Å². The molecule has 0 spiro atoms. The molecule has 1 aromatic rings. The van der Waals surface area contributed by atoms with Crippen LogP contribution in [0.5, 0.6) is 0 Å². The predicted octanol–water partition coefficient (Wildman–Crippen LogP) is 3.83. The molecular formula is C13H15NOS2. The van der Waals surface area contributed by atoms with Gasteiger partial charge in [-0.05, 0) is 34.7 Å². The second-order valence-corrected chi connectivity index (χ2v) is 5.59. The molecule has 1 heterocycles. The van der Waals surface area contributed by atoms with Crippen molar-refractivity contribution in [2.75, 3.05) is 6.26 Å².